The van der Waals surface area contributed by atoms with Crippen molar-refractivity contribution in [1.29, 1.82) is 0 Å². The zero-order chi connectivity index (χ0) is 15.3. The normalized spacial score (nSPS) is 10.4. The highest BCUT2D eigenvalue weighted by molar-refractivity contribution is 7.80. The minimum atomic E-state index is 0.0138. The Morgan fingerprint density at radius 2 is 2.00 bits per heavy atom. The van der Waals surface area contributed by atoms with Crippen LogP contribution in [0.3, 0.4) is 0 Å². The number of hydrogen-bond acceptors (Lipinski definition) is 3. The van der Waals surface area contributed by atoms with Gasteiger partial charge in [-0.3, -0.25) is 4.79 Å². The summed E-state index contributed by atoms with van der Waals surface area (Å²) in [4.78, 5) is 16.8. The van der Waals surface area contributed by atoms with Crippen LogP contribution in [0, 0.1) is 0 Å². The maximum absolute atomic E-state index is 12.6. The van der Waals surface area contributed by atoms with Gasteiger partial charge in [0.1, 0.15) is 0 Å². The Morgan fingerprint density at radius 3 is 2.50 bits per heavy atom. The van der Waals surface area contributed by atoms with E-state index in [4.69, 9.17) is 18.0 Å². The van der Waals surface area contributed by atoms with Crippen LogP contribution in [0.25, 0.3) is 0 Å². The maximum Gasteiger partial charge on any atom is 0.254 e. The molecule has 1 aromatic rings. The molecule has 0 fully saturated rings. The second-order valence-electron chi connectivity index (χ2n) is 5.25. The number of carbonyl (C=O) groups excluding carboxylic acids is 1. The summed E-state index contributed by atoms with van der Waals surface area (Å²) in [6.45, 7) is 4.54. The Kier molecular flexibility index (Phi) is 5.95. The van der Waals surface area contributed by atoms with E-state index < -0.39 is 0 Å². The first-order chi connectivity index (χ1) is 9.32. The molecule has 0 aromatic heterocycles. The topological polar surface area (TPSA) is 49.6 Å². The van der Waals surface area contributed by atoms with Crippen LogP contribution in [0.4, 0.5) is 5.69 Å². The predicted molar refractivity (Wildman–Crippen MR) is 88.3 cm³/mol. The van der Waals surface area contributed by atoms with Crippen molar-refractivity contribution in [3.05, 3.63) is 29.8 Å². The molecule has 0 unspecified atom stereocenters. The Bertz CT molecular complexity index is 486. The average Bonchev–Trinajstić information content (AvgIpc) is 2.38. The van der Waals surface area contributed by atoms with Crippen molar-refractivity contribution < 1.29 is 4.79 Å². The van der Waals surface area contributed by atoms with Gasteiger partial charge in [-0.15, -0.1) is 0 Å². The summed E-state index contributed by atoms with van der Waals surface area (Å²) >= 11 is 4.89. The van der Waals surface area contributed by atoms with E-state index in [1.165, 1.54) is 0 Å². The number of hydrogen-bond donors (Lipinski definition) is 1. The first-order valence-electron chi connectivity index (χ1n) is 6.69. The fourth-order valence-electron chi connectivity index (χ4n) is 1.91. The molecule has 4 nitrogen and oxygen atoms in total. The fourth-order valence-corrected chi connectivity index (χ4v) is 2.00. The molecule has 1 rings (SSSR count). The molecule has 0 bridgehead atoms. The number of rotatable bonds is 6. The summed E-state index contributed by atoms with van der Waals surface area (Å²) < 4.78 is 0. The minimum absolute atomic E-state index is 0.0138. The highest BCUT2D eigenvalue weighted by Gasteiger charge is 2.19. The lowest BCUT2D eigenvalue weighted by Gasteiger charge is -2.27. The summed E-state index contributed by atoms with van der Waals surface area (Å²) in [5.41, 5.74) is 7.23. The van der Waals surface area contributed by atoms with E-state index in [1.807, 2.05) is 57.1 Å². The zero-order valence-corrected chi connectivity index (χ0v) is 13.4. The van der Waals surface area contributed by atoms with Crippen LogP contribution in [0.1, 0.15) is 30.6 Å². The Hall–Kier alpha value is -1.62. The van der Waals surface area contributed by atoms with Gasteiger partial charge in [-0.1, -0.05) is 18.3 Å². The van der Waals surface area contributed by atoms with Crippen molar-refractivity contribution in [2.45, 2.75) is 26.3 Å². The largest absolute Gasteiger partial charge is 0.393 e. The third-order valence-electron chi connectivity index (χ3n) is 3.09. The van der Waals surface area contributed by atoms with Gasteiger partial charge in [-0.25, -0.2) is 0 Å². The molecule has 0 atom stereocenters. The summed E-state index contributed by atoms with van der Waals surface area (Å²) in [6.07, 6.45) is 0.548. The fraction of sp³-hybridized carbons (Fsp3) is 0.467. The zero-order valence-electron chi connectivity index (χ0n) is 12.6. The van der Waals surface area contributed by atoms with Crippen molar-refractivity contribution in [3.63, 3.8) is 0 Å². The van der Waals surface area contributed by atoms with Gasteiger partial charge in [-0.05, 0) is 32.0 Å². The Labute approximate surface area is 126 Å². The van der Waals surface area contributed by atoms with Crippen LogP contribution >= 0.6 is 12.2 Å². The first-order valence-corrected chi connectivity index (χ1v) is 7.10. The van der Waals surface area contributed by atoms with Gasteiger partial charge >= 0.3 is 0 Å². The van der Waals surface area contributed by atoms with E-state index in [9.17, 15) is 4.79 Å². The number of thiocarbonyl (C=S) groups is 1. The van der Waals surface area contributed by atoms with Crippen molar-refractivity contribution in [2.75, 3.05) is 25.5 Å². The third kappa shape index (κ3) is 4.49. The van der Waals surface area contributed by atoms with Crippen LogP contribution in [0.2, 0.25) is 0 Å². The van der Waals surface area contributed by atoms with Crippen LogP contribution < -0.4 is 10.6 Å². The van der Waals surface area contributed by atoms with Crippen molar-refractivity contribution in [2.24, 2.45) is 5.73 Å². The van der Waals surface area contributed by atoms with Crippen molar-refractivity contribution in [3.8, 4) is 0 Å². The van der Waals surface area contributed by atoms with E-state index in [1.54, 1.807) is 4.90 Å². The molecule has 0 aliphatic heterocycles. The molecule has 110 valence electrons. The van der Waals surface area contributed by atoms with E-state index in [2.05, 4.69) is 0 Å². The molecule has 0 heterocycles. The second kappa shape index (κ2) is 7.24. The van der Waals surface area contributed by atoms with Gasteiger partial charge in [-0.2, -0.15) is 0 Å². The lowest BCUT2D eigenvalue weighted by molar-refractivity contribution is 0.0711. The Balaban J connectivity index is 2.94. The number of benzene rings is 1. The summed E-state index contributed by atoms with van der Waals surface area (Å²) in [7, 11) is 3.91. The number of nitrogens with two attached hydrogens (primary N) is 1. The molecule has 0 saturated carbocycles. The highest BCUT2D eigenvalue weighted by atomic mass is 32.1. The lowest BCUT2D eigenvalue weighted by atomic mass is 10.1. The maximum atomic E-state index is 12.6. The molecule has 5 heteroatoms. The van der Waals surface area contributed by atoms with Crippen LogP contribution in [-0.4, -0.2) is 42.5 Å². The lowest BCUT2D eigenvalue weighted by Crippen LogP contribution is -2.39. The minimum Gasteiger partial charge on any atom is -0.393 e. The predicted octanol–water partition coefficient (Wildman–Crippen LogP) is 2.28. The van der Waals surface area contributed by atoms with Gasteiger partial charge in [0, 0.05) is 44.4 Å². The molecular weight excluding hydrogens is 270 g/mol. The van der Waals surface area contributed by atoms with Gasteiger partial charge < -0.3 is 15.5 Å². The molecule has 0 aliphatic rings. The number of amides is 1. The molecule has 20 heavy (non-hydrogen) atoms. The smallest absolute Gasteiger partial charge is 0.254 e. The monoisotopic (exact) mass is 293 g/mol. The molecule has 1 amide bonds. The van der Waals surface area contributed by atoms with Crippen LogP contribution in [0.5, 0.6) is 0 Å². The number of carbonyl (C=O) groups is 1. The summed E-state index contributed by atoms with van der Waals surface area (Å²) in [5.74, 6) is 0.0138. The number of nitrogens with zero attached hydrogens (tertiary/aromatic N) is 2. The van der Waals surface area contributed by atoms with Crippen molar-refractivity contribution in [1.82, 2.24) is 4.90 Å². The molecular formula is C15H23N3OS. The van der Waals surface area contributed by atoms with E-state index >= 15 is 0 Å². The molecule has 0 saturated heterocycles. The third-order valence-corrected chi connectivity index (χ3v) is 3.30. The first kappa shape index (κ1) is 16.4. The van der Waals surface area contributed by atoms with Crippen LogP contribution in [-0.2, 0) is 0 Å². The van der Waals surface area contributed by atoms with Crippen molar-refractivity contribution >= 4 is 28.8 Å². The van der Waals surface area contributed by atoms with E-state index in [0.29, 0.717) is 23.5 Å². The van der Waals surface area contributed by atoms with E-state index in [0.717, 1.165) is 5.69 Å². The highest BCUT2D eigenvalue weighted by Crippen LogP contribution is 2.16. The number of anilines is 1. The van der Waals surface area contributed by atoms with Gasteiger partial charge in [0.2, 0.25) is 0 Å². The molecule has 0 radical (unpaired) electrons. The van der Waals surface area contributed by atoms with Crippen LogP contribution in [0.15, 0.2) is 24.3 Å². The molecule has 0 aliphatic carbocycles. The average molecular weight is 293 g/mol. The van der Waals surface area contributed by atoms with Gasteiger partial charge in [0.25, 0.3) is 5.91 Å². The van der Waals surface area contributed by atoms with Gasteiger partial charge in [0.05, 0.1) is 4.99 Å². The summed E-state index contributed by atoms with van der Waals surface area (Å²) in [5, 5.41) is 0. The second-order valence-corrected chi connectivity index (χ2v) is 5.78. The quantitative estimate of drug-likeness (QED) is 0.818. The van der Waals surface area contributed by atoms with E-state index in [-0.39, 0.29) is 11.9 Å². The molecule has 0 spiro atoms. The standard InChI is InChI=1S/C15H23N3OS/c1-11(2)18(9-8-14(16)20)15(19)12-6-5-7-13(10-12)17(3)4/h5-7,10-11H,8-9H2,1-4H3,(H2,16,20). The Morgan fingerprint density at radius 1 is 1.35 bits per heavy atom. The van der Waals surface area contributed by atoms with Gasteiger partial charge in [0.15, 0.2) is 0 Å². The SMILES string of the molecule is CC(C)N(CCC(N)=S)C(=O)c1cccc(N(C)C)c1. The summed E-state index contributed by atoms with van der Waals surface area (Å²) in [6, 6.07) is 7.73. The molecule has 1 aromatic carbocycles. The molecule has 2 N–H and O–H groups in total.